The SMILES string of the molecule is CCN(C(=O)CN1C(=O)NC2(CCCc3ccccc32)C1=O)C1CCCCC1. The summed E-state index contributed by atoms with van der Waals surface area (Å²) < 4.78 is 0. The molecule has 6 nitrogen and oxygen atoms in total. The van der Waals surface area contributed by atoms with Gasteiger partial charge in [0.15, 0.2) is 0 Å². The lowest BCUT2D eigenvalue weighted by Gasteiger charge is -2.35. The highest BCUT2D eigenvalue weighted by atomic mass is 16.2. The molecule has 1 aliphatic heterocycles. The summed E-state index contributed by atoms with van der Waals surface area (Å²) in [6, 6.07) is 7.60. The van der Waals surface area contributed by atoms with Crippen molar-refractivity contribution in [2.24, 2.45) is 0 Å². The van der Waals surface area contributed by atoms with Crippen LogP contribution < -0.4 is 5.32 Å². The van der Waals surface area contributed by atoms with Gasteiger partial charge < -0.3 is 10.2 Å². The summed E-state index contributed by atoms with van der Waals surface area (Å²) in [7, 11) is 0. The predicted molar refractivity (Wildman–Crippen MR) is 106 cm³/mol. The molecular weight excluding hydrogens is 354 g/mol. The fourth-order valence-corrected chi connectivity index (χ4v) is 5.21. The van der Waals surface area contributed by atoms with Gasteiger partial charge in [-0.15, -0.1) is 0 Å². The molecular formula is C22H29N3O3. The van der Waals surface area contributed by atoms with E-state index in [4.69, 9.17) is 0 Å². The molecule has 4 amide bonds. The summed E-state index contributed by atoms with van der Waals surface area (Å²) in [6.45, 7) is 2.41. The number of benzene rings is 1. The van der Waals surface area contributed by atoms with Crippen LogP contribution in [0.1, 0.15) is 63.0 Å². The summed E-state index contributed by atoms with van der Waals surface area (Å²) in [4.78, 5) is 42.0. The van der Waals surface area contributed by atoms with Crippen molar-refractivity contribution in [2.75, 3.05) is 13.1 Å². The van der Waals surface area contributed by atoms with Gasteiger partial charge in [-0.25, -0.2) is 4.79 Å². The monoisotopic (exact) mass is 383 g/mol. The van der Waals surface area contributed by atoms with Crippen LogP contribution in [0.25, 0.3) is 0 Å². The van der Waals surface area contributed by atoms with Crippen LogP contribution in [0.15, 0.2) is 24.3 Å². The zero-order valence-corrected chi connectivity index (χ0v) is 16.6. The third-order valence-electron chi connectivity index (χ3n) is 6.62. The lowest BCUT2D eigenvalue weighted by Crippen LogP contribution is -2.49. The molecule has 1 atom stereocenters. The Morgan fingerprint density at radius 3 is 2.68 bits per heavy atom. The van der Waals surface area contributed by atoms with E-state index < -0.39 is 11.6 Å². The number of carbonyl (C=O) groups excluding carboxylic acids is 3. The standard InChI is InChI=1S/C22H29N3O3/c1-2-24(17-11-4-3-5-12-17)19(26)15-25-20(27)22(23-21(25)28)14-8-10-16-9-6-7-13-18(16)22/h6-7,9,13,17H,2-5,8,10-12,14-15H2,1H3,(H,23,28). The van der Waals surface area contributed by atoms with E-state index in [2.05, 4.69) is 5.32 Å². The normalized spacial score (nSPS) is 25.0. The van der Waals surface area contributed by atoms with E-state index in [1.54, 1.807) is 0 Å². The number of fused-ring (bicyclic) bond motifs is 2. The summed E-state index contributed by atoms with van der Waals surface area (Å²) >= 11 is 0. The summed E-state index contributed by atoms with van der Waals surface area (Å²) in [6.07, 6.45) is 7.85. The second-order valence-corrected chi connectivity index (χ2v) is 8.21. The average molecular weight is 383 g/mol. The molecule has 1 aromatic rings. The molecule has 1 spiro atoms. The van der Waals surface area contributed by atoms with Gasteiger partial charge in [-0.2, -0.15) is 0 Å². The molecule has 2 aliphatic carbocycles. The number of nitrogens with one attached hydrogen (secondary N) is 1. The highest BCUT2D eigenvalue weighted by Gasteiger charge is 2.54. The van der Waals surface area contributed by atoms with Crippen LogP contribution in [0.2, 0.25) is 0 Å². The van der Waals surface area contributed by atoms with Gasteiger partial charge in [0.05, 0.1) is 0 Å². The Labute approximate surface area is 166 Å². The molecule has 1 N–H and O–H groups in total. The van der Waals surface area contributed by atoms with Crippen molar-refractivity contribution in [1.82, 2.24) is 15.1 Å². The van der Waals surface area contributed by atoms with Crippen molar-refractivity contribution in [3.8, 4) is 0 Å². The number of hydrogen-bond donors (Lipinski definition) is 1. The van der Waals surface area contributed by atoms with Gasteiger partial charge in [0, 0.05) is 12.6 Å². The minimum absolute atomic E-state index is 0.126. The highest BCUT2D eigenvalue weighted by Crippen LogP contribution is 2.39. The molecule has 1 saturated heterocycles. The van der Waals surface area contributed by atoms with Gasteiger partial charge in [0.2, 0.25) is 5.91 Å². The molecule has 1 aromatic carbocycles. The minimum atomic E-state index is -1.01. The van der Waals surface area contributed by atoms with E-state index in [1.165, 1.54) is 6.42 Å². The molecule has 1 unspecified atom stereocenters. The van der Waals surface area contributed by atoms with Crippen molar-refractivity contribution in [1.29, 1.82) is 0 Å². The molecule has 1 heterocycles. The van der Waals surface area contributed by atoms with E-state index in [1.807, 2.05) is 36.1 Å². The lowest BCUT2D eigenvalue weighted by molar-refractivity contribution is -0.141. The summed E-state index contributed by atoms with van der Waals surface area (Å²) in [5.74, 6) is -0.406. The van der Waals surface area contributed by atoms with Gasteiger partial charge >= 0.3 is 6.03 Å². The minimum Gasteiger partial charge on any atom is -0.338 e. The zero-order chi connectivity index (χ0) is 19.7. The molecule has 0 aromatic heterocycles. The fourth-order valence-electron chi connectivity index (χ4n) is 5.21. The van der Waals surface area contributed by atoms with Crippen LogP contribution >= 0.6 is 0 Å². The zero-order valence-electron chi connectivity index (χ0n) is 16.6. The molecule has 0 bridgehead atoms. The number of imide groups is 1. The maximum absolute atomic E-state index is 13.4. The van der Waals surface area contributed by atoms with Crippen LogP contribution in [0.3, 0.4) is 0 Å². The Hall–Kier alpha value is -2.37. The number of urea groups is 1. The Bertz CT molecular complexity index is 787. The van der Waals surface area contributed by atoms with Crippen LogP contribution in [0.5, 0.6) is 0 Å². The van der Waals surface area contributed by atoms with Gasteiger partial charge in [-0.05, 0) is 50.2 Å². The van der Waals surface area contributed by atoms with Gasteiger partial charge in [0.1, 0.15) is 12.1 Å². The number of amides is 4. The highest BCUT2D eigenvalue weighted by molar-refractivity contribution is 6.09. The quantitative estimate of drug-likeness (QED) is 0.813. The maximum atomic E-state index is 13.4. The van der Waals surface area contributed by atoms with Crippen molar-refractivity contribution in [3.05, 3.63) is 35.4 Å². The van der Waals surface area contributed by atoms with E-state index in [9.17, 15) is 14.4 Å². The number of hydrogen-bond acceptors (Lipinski definition) is 3. The predicted octanol–water partition coefficient (Wildman–Crippen LogP) is 2.95. The van der Waals surface area contributed by atoms with Crippen molar-refractivity contribution >= 4 is 17.8 Å². The number of rotatable bonds is 4. The van der Waals surface area contributed by atoms with E-state index in [-0.39, 0.29) is 24.4 Å². The fraction of sp³-hybridized carbons (Fsp3) is 0.591. The third-order valence-corrected chi connectivity index (χ3v) is 6.62. The first-order valence-corrected chi connectivity index (χ1v) is 10.6. The summed E-state index contributed by atoms with van der Waals surface area (Å²) in [5, 5.41) is 2.93. The first-order chi connectivity index (χ1) is 13.6. The molecule has 2 fully saturated rings. The van der Waals surface area contributed by atoms with Crippen LogP contribution in [-0.4, -0.2) is 46.8 Å². The maximum Gasteiger partial charge on any atom is 0.325 e. The van der Waals surface area contributed by atoms with Gasteiger partial charge in [-0.1, -0.05) is 43.5 Å². The Morgan fingerprint density at radius 2 is 1.93 bits per heavy atom. The van der Waals surface area contributed by atoms with Gasteiger partial charge in [0.25, 0.3) is 5.91 Å². The molecule has 1 saturated carbocycles. The van der Waals surface area contributed by atoms with Crippen molar-refractivity contribution < 1.29 is 14.4 Å². The van der Waals surface area contributed by atoms with Gasteiger partial charge in [-0.3, -0.25) is 14.5 Å². The first-order valence-electron chi connectivity index (χ1n) is 10.6. The van der Waals surface area contributed by atoms with E-state index in [0.717, 1.165) is 54.6 Å². The Morgan fingerprint density at radius 1 is 1.18 bits per heavy atom. The summed E-state index contributed by atoms with van der Waals surface area (Å²) in [5.41, 5.74) is 0.982. The average Bonchev–Trinajstić information content (AvgIpc) is 2.94. The topological polar surface area (TPSA) is 69.7 Å². The first kappa shape index (κ1) is 19.0. The Balaban J connectivity index is 1.54. The van der Waals surface area contributed by atoms with Crippen molar-refractivity contribution in [3.63, 3.8) is 0 Å². The molecule has 0 radical (unpaired) electrons. The van der Waals surface area contributed by atoms with Crippen LogP contribution in [0, 0.1) is 0 Å². The number of nitrogens with zero attached hydrogens (tertiary/aromatic N) is 2. The number of carbonyl (C=O) groups is 3. The number of aryl methyl sites for hydroxylation is 1. The smallest absolute Gasteiger partial charge is 0.325 e. The third kappa shape index (κ3) is 3.09. The number of likely N-dealkylation sites (N-methyl/N-ethyl adjacent to an activating group) is 1. The second-order valence-electron chi connectivity index (χ2n) is 8.21. The molecule has 150 valence electrons. The molecule has 28 heavy (non-hydrogen) atoms. The molecule has 4 rings (SSSR count). The van der Waals surface area contributed by atoms with E-state index >= 15 is 0 Å². The van der Waals surface area contributed by atoms with E-state index in [0.29, 0.717) is 13.0 Å². The largest absolute Gasteiger partial charge is 0.338 e. The molecule has 6 heteroatoms. The lowest BCUT2D eigenvalue weighted by atomic mass is 9.76. The van der Waals surface area contributed by atoms with Crippen LogP contribution in [-0.2, 0) is 21.5 Å². The second kappa shape index (κ2) is 7.57. The van der Waals surface area contributed by atoms with Crippen molar-refractivity contribution in [2.45, 2.75) is 69.9 Å². The molecule has 3 aliphatic rings. The van der Waals surface area contributed by atoms with Crippen LogP contribution in [0.4, 0.5) is 4.79 Å². The Kier molecular flexibility index (Phi) is 5.13.